The number of H-pyrrole nitrogens is 1. The molecule has 1 aromatic rings. The molecule has 13 heavy (non-hydrogen) atoms. The van der Waals surface area contributed by atoms with Gasteiger partial charge in [0.1, 0.15) is 0 Å². The zero-order valence-electron chi connectivity index (χ0n) is 7.45. The summed E-state index contributed by atoms with van der Waals surface area (Å²) in [5.41, 5.74) is 0.966. The smallest absolute Gasteiger partial charge is 0.234 e. The second kappa shape index (κ2) is 4.31. The average Bonchev–Trinajstić information content (AvgIpc) is 2.57. The molecule has 0 atom stereocenters. The summed E-state index contributed by atoms with van der Waals surface area (Å²) in [6, 6.07) is 0. The highest BCUT2D eigenvalue weighted by atomic mass is 16.2. The van der Waals surface area contributed by atoms with Crippen LogP contribution in [0.1, 0.15) is 12.0 Å². The number of nitrogens with one attached hydrogen (secondary N) is 1. The van der Waals surface area contributed by atoms with Crippen LogP contribution in [0.15, 0.2) is 12.4 Å². The summed E-state index contributed by atoms with van der Waals surface area (Å²) >= 11 is 0. The van der Waals surface area contributed by atoms with Gasteiger partial charge in [0, 0.05) is 25.4 Å². The molecular weight excluding hydrogens is 166 g/mol. The summed E-state index contributed by atoms with van der Waals surface area (Å²) in [7, 11) is 1.71. The van der Waals surface area contributed by atoms with Gasteiger partial charge in [0.15, 0.2) is 0 Å². The first-order valence-corrected chi connectivity index (χ1v) is 3.89. The van der Waals surface area contributed by atoms with Gasteiger partial charge in [-0.15, -0.1) is 6.42 Å². The number of carbonyl (C=O) groups excluding carboxylic acids is 1. The fraction of sp³-hybridized carbons (Fsp3) is 0.333. The van der Waals surface area contributed by atoms with Crippen molar-refractivity contribution in [2.75, 3.05) is 7.05 Å². The van der Waals surface area contributed by atoms with E-state index >= 15 is 0 Å². The van der Waals surface area contributed by atoms with Crippen molar-refractivity contribution in [3.63, 3.8) is 0 Å². The number of amides is 1. The zero-order valence-corrected chi connectivity index (χ0v) is 7.45. The van der Waals surface area contributed by atoms with Crippen LogP contribution in [0.4, 0.5) is 0 Å². The molecule has 0 saturated carbocycles. The van der Waals surface area contributed by atoms with Crippen molar-refractivity contribution >= 4 is 5.91 Å². The Bertz CT molecular complexity index is 310. The Balaban J connectivity index is 2.47. The number of carbonyl (C=O) groups is 1. The van der Waals surface area contributed by atoms with Gasteiger partial charge in [0.25, 0.3) is 0 Å². The van der Waals surface area contributed by atoms with E-state index in [9.17, 15) is 4.79 Å². The van der Waals surface area contributed by atoms with E-state index in [1.165, 1.54) is 0 Å². The molecule has 1 aromatic heterocycles. The highest BCUT2D eigenvalue weighted by molar-refractivity contribution is 5.78. The van der Waals surface area contributed by atoms with E-state index in [4.69, 9.17) is 6.42 Å². The molecule has 0 aliphatic heterocycles. The van der Waals surface area contributed by atoms with Crippen molar-refractivity contribution in [1.29, 1.82) is 0 Å². The second-order valence-corrected chi connectivity index (χ2v) is 2.74. The lowest BCUT2D eigenvalue weighted by molar-refractivity contribution is -0.129. The molecule has 0 spiro atoms. The first kappa shape index (κ1) is 9.33. The van der Waals surface area contributed by atoms with Gasteiger partial charge in [-0.05, 0) is 0 Å². The van der Waals surface area contributed by atoms with E-state index < -0.39 is 0 Å². The summed E-state index contributed by atoms with van der Waals surface area (Å²) in [6.07, 6.45) is 8.60. The quantitative estimate of drug-likeness (QED) is 0.679. The van der Waals surface area contributed by atoms with Crippen molar-refractivity contribution in [2.45, 2.75) is 13.0 Å². The number of nitrogens with zero attached hydrogens (tertiary/aromatic N) is 2. The van der Waals surface area contributed by atoms with Gasteiger partial charge >= 0.3 is 0 Å². The summed E-state index contributed by atoms with van der Waals surface area (Å²) in [5.74, 6) is 2.26. The number of hydrogen-bond acceptors (Lipinski definition) is 2. The molecule has 0 bridgehead atoms. The van der Waals surface area contributed by atoms with Crippen molar-refractivity contribution in [3.05, 3.63) is 18.0 Å². The molecule has 0 unspecified atom stereocenters. The van der Waals surface area contributed by atoms with E-state index in [1.807, 2.05) is 0 Å². The van der Waals surface area contributed by atoms with Crippen LogP contribution in [0.5, 0.6) is 0 Å². The van der Waals surface area contributed by atoms with Crippen LogP contribution in [0, 0.1) is 12.3 Å². The molecule has 1 amide bonds. The van der Waals surface area contributed by atoms with Crippen molar-refractivity contribution in [1.82, 2.24) is 15.1 Å². The molecule has 1 heterocycles. The largest absolute Gasteiger partial charge is 0.340 e. The van der Waals surface area contributed by atoms with Gasteiger partial charge in [-0.1, -0.05) is 5.92 Å². The molecule has 0 aliphatic carbocycles. The maximum absolute atomic E-state index is 11.2. The highest BCUT2D eigenvalue weighted by Gasteiger charge is 2.07. The molecule has 0 aliphatic rings. The van der Waals surface area contributed by atoms with Gasteiger partial charge in [-0.25, -0.2) is 0 Å². The molecule has 0 fully saturated rings. The fourth-order valence-electron chi connectivity index (χ4n) is 0.948. The second-order valence-electron chi connectivity index (χ2n) is 2.74. The topological polar surface area (TPSA) is 49.0 Å². The molecular formula is C9H11N3O. The third kappa shape index (κ3) is 2.64. The summed E-state index contributed by atoms with van der Waals surface area (Å²) in [5, 5.41) is 6.46. The normalized spacial score (nSPS) is 9.23. The SMILES string of the molecule is C#CCC(=O)N(C)Cc1cn[nH]c1. The zero-order chi connectivity index (χ0) is 9.68. The first-order chi connectivity index (χ1) is 6.24. The minimum absolute atomic E-state index is 0.0521. The Morgan fingerprint density at radius 3 is 3.15 bits per heavy atom. The molecule has 68 valence electrons. The molecule has 0 saturated heterocycles. The van der Waals surface area contributed by atoms with E-state index in [2.05, 4.69) is 16.1 Å². The Morgan fingerprint density at radius 2 is 2.62 bits per heavy atom. The minimum Gasteiger partial charge on any atom is -0.340 e. The van der Waals surface area contributed by atoms with Gasteiger partial charge in [0.05, 0.1) is 12.6 Å². The number of hydrogen-bond donors (Lipinski definition) is 1. The van der Waals surface area contributed by atoms with E-state index in [0.717, 1.165) is 5.56 Å². The van der Waals surface area contributed by atoms with Crippen molar-refractivity contribution in [2.24, 2.45) is 0 Å². The Kier molecular flexibility index (Phi) is 3.09. The van der Waals surface area contributed by atoms with E-state index in [1.54, 1.807) is 24.3 Å². The standard InChI is InChI=1S/C9H11N3O/c1-3-4-9(13)12(2)7-8-5-10-11-6-8/h1,5-6H,4,7H2,2H3,(H,10,11). The van der Waals surface area contributed by atoms with Crippen molar-refractivity contribution in [3.8, 4) is 12.3 Å². The first-order valence-electron chi connectivity index (χ1n) is 3.89. The number of aromatic amines is 1. The average molecular weight is 177 g/mol. The maximum Gasteiger partial charge on any atom is 0.234 e. The lowest BCUT2D eigenvalue weighted by atomic mass is 10.3. The number of aromatic nitrogens is 2. The van der Waals surface area contributed by atoms with Crippen LogP contribution in [-0.2, 0) is 11.3 Å². The van der Waals surface area contributed by atoms with E-state index in [-0.39, 0.29) is 12.3 Å². The molecule has 4 heteroatoms. The maximum atomic E-state index is 11.2. The third-order valence-corrected chi connectivity index (χ3v) is 1.65. The van der Waals surface area contributed by atoms with E-state index in [0.29, 0.717) is 6.54 Å². The summed E-state index contributed by atoms with van der Waals surface area (Å²) < 4.78 is 0. The summed E-state index contributed by atoms with van der Waals surface area (Å²) in [6.45, 7) is 0.539. The summed E-state index contributed by atoms with van der Waals surface area (Å²) in [4.78, 5) is 12.8. The van der Waals surface area contributed by atoms with Gasteiger partial charge in [-0.3, -0.25) is 9.89 Å². The number of rotatable bonds is 3. The Morgan fingerprint density at radius 1 is 1.85 bits per heavy atom. The minimum atomic E-state index is -0.0521. The Hall–Kier alpha value is -1.76. The lowest BCUT2D eigenvalue weighted by Gasteiger charge is -2.14. The van der Waals surface area contributed by atoms with Crippen LogP contribution in [0.3, 0.4) is 0 Å². The predicted molar refractivity (Wildman–Crippen MR) is 48.5 cm³/mol. The number of terminal acetylenes is 1. The van der Waals surface area contributed by atoms with Crippen molar-refractivity contribution < 1.29 is 4.79 Å². The van der Waals surface area contributed by atoms with Gasteiger partial charge in [-0.2, -0.15) is 5.10 Å². The fourth-order valence-corrected chi connectivity index (χ4v) is 0.948. The third-order valence-electron chi connectivity index (χ3n) is 1.65. The van der Waals surface area contributed by atoms with Crippen LogP contribution in [0.25, 0.3) is 0 Å². The molecule has 0 aromatic carbocycles. The molecule has 0 radical (unpaired) electrons. The van der Waals surface area contributed by atoms with Crippen LogP contribution in [-0.4, -0.2) is 28.1 Å². The van der Waals surface area contributed by atoms with Gasteiger partial charge in [0.2, 0.25) is 5.91 Å². The highest BCUT2D eigenvalue weighted by Crippen LogP contribution is 2.00. The van der Waals surface area contributed by atoms with Crippen LogP contribution >= 0.6 is 0 Å². The van der Waals surface area contributed by atoms with Crippen LogP contribution < -0.4 is 0 Å². The molecule has 1 N–H and O–H groups in total. The molecule has 4 nitrogen and oxygen atoms in total. The molecule has 1 rings (SSSR count). The van der Waals surface area contributed by atoms with Gasteiger partial charge < -0.3 is 4.90 Å². The lowest BCUT2D eigenvalue weighted by Crippen LogP contribution is -2.25. The monoisotopic (exact) mass is 177 g/mol. The predicted octanol–water partition coefficient (Wildman–Crippen LogP) is 0.391. The van der Waals surface area contributed by atoms with Crippen LogP contribution in [0.2, 0.25) is 0 Å². The Labute approximate surface area is 76.9 Å².